The number of nitro benzene ring substituents is 1. The molecule has 20 heavy (non-hydrogen) atoms. The first-order valence-electron chi connectivity index (χ1n) is 6.56. The fourth-order valence-corrected chi connectivity index (χ4v) is 2.62. The summed E-state index contributed by atoms with van der Waals surface area (Å²) in [5.41, 5.74) is 6.75. The predicted molar refractivity (Wildman–Crippen MR) is 75.4 cm³/mol. The Balaban J connectivity index is 2.00. The van der Waals surface area contributed by atoms with Gasteiger partial charge in [0, 0.05) is 29.6 Å². The van der Waals surface area contributed by atoms with Gasteiger partial charge in [-0.05, 0) is 25.3 Å². The van der Waals surface area contributed by atoms with Crippen LogP contribution in [0.15, 0.2) is 24.5 Å². The molecule has 3 rings (SSSR count). The first kappa shape index (κ1) is 12.7. The fraction of sp³-hybridized carbons (Fsp3) is 0.385. The SMILES string of the molecule is NC1CCCC1Nc1ncnc2ccc([N+](=O)[O-])cc12. The number of aromatic nitrogens is 2. The molecule has 7 heteroatoms. The first-order chi connectivity index (χ1) is 9.65. The van der Waals surface area contributed by atoms with Gasteiger partial charge in [-0.1, -0.05) is 0 Å². The first-order valence-corrected chi connectivity index (χ1v) is 6.56. The van der Waals surface area contributed by atoms with E-state index in [1.54, 1.807) is 6.07 Å². The monoisotopic (exact) mass is 273 g/mol. The second-order valence-electron chi connectivity index (χ2n) is 5.03. The van der Waals surface area contributed by atoms with Gasteiger partial charge in [0.25, 0.3) is 5.69 Å². The van der Waals surface area contributed by atoms with Crippen LogP contribution < -0.4 is 11.1 Å². The van der Waals surface area contributed by atoms with Crippen LogP contribution in [0.1, 0.15) is 19.3 Å². The van der Waals surface area contributed by atoms with Crippen LogP contribution in [-0.2, 0) is 0 Å². The van der Waals surface area contributed by atoms with Crippen LogP contribution in [0.4, 0.5) is 11.5 Å². The fourth-order valence-electron chi connectivity index (χ4n) is 2.62. The van der Waals surface area contributed by atoms with Crippen molar-refractivity contribution in [1.29, 1.82) is 0 Å². The topological polar surface area (TPSA) is 107 Å². The highest BCUT2D eigenvalue weighted by molar-refractivity contribution is 5.90. The van der Waals surface area contributed by atoms with Gasteiger partial charge in [0.05, 0.1) is 10.4 Å². The quantitative estimate of drug-likeness (QED) is 0.652. The van der Waals surface area contributed by atoms with Crippen molar-refractivity contribution in [3.63, 3.8) is 0 Å². The lowest BCUT2D eigenvalue weighted by Crippen LogP contribution is -2.35. The van der Waals surface area contributed by atoms with Gasteiger partial charge in [0.15, 0.2) is 0 Å². The predicted octanol–water partition coefficient (Wildman–Crippen LogP) is 1.83. The Labute approximate surface area is 115 Å². The molecule has 104 valence electrons. The Morgan fingerprint density at radius 3 is 2.90 bits per heavy atom. The van der Waals surface area contributed by atoms with E-state index >= 15 is 0 Å². The van der Waals surface area contributed by atoms with E-state index < -0.39 is 4.92 Å². The Kier molecular flexibility index (Phi) is 3.19. The van der Waals surface area contributed by atoms with Gasteiger partial charge >= 0.3 is 0 Å². The summed E-state index contributed by atoms with van der Waals surface area (Å²) < 4.78 is 0. The van der Waals surface area contributed by atoms with Gasteiger partial charge in [-0.2, -0.15) is 0 Å². The maximum atomic E-state index is 10.9. The Morgan fingerprint density at radius 2 is 2.20 bits per heavy atom. The van der Waals surface area contributed by atoms with E-state index in [9.17, 15) is 10.1 Å². The molecular formula is C13H15N5O2. The molecule has 2 unspecified atom stereocenters. The van der Waals surface area contributed by atoms with E-state index in [0.717, 1.165) is 19.3 Å². The highest BCUT2D eigenvalue weighted by Crippen LogP contribution is 2.27. The standard InChI is InChI=1S/C13H15N5O2/c14-10-2-1-3-12(10)17-13-9-6-8(18(19)20)4-5-11(9)15-7-16-13/h4-7,10,12H,1-3,14H2,(H,15,16,17). The van der Waals surface area contributed by atoms with Gasteiger partial charge in [0.1, 0.15) is 12.1 Å². The van der Waals surface area contributed by atoms with Gasteiger partial charge in [-0.3, -0.25) is 10.1 Å². The smallest absolute Gasteiger partial charge is 0.270 e. The normalized spacial score (nSPS) is 22.1. The minimum Gasteiger partial charge on any atom is -0.365 e. The molecule has 0 spiro atoms. The molecule has 1 saturated carbocycles. The van der Waals surface area contributed by atoms with E-state index in [-0.39, 0.29) is 17.8 Å². The van der Waals surface area contributed by atoms with Crippen molar-refractivity contribution in [3.8, 4) is 0 Å². The van der Waals surface area contributed by atoms with Crippen LogP contribution >= 0.6 is 0 Å². The molecule has 3 N–H and O–H groups in total. The van der Waals surface area contributed by atoms with Crippen molar-refractivity contribution >= 4 is 22.4 Å². The number of hydrogen-bond donors (Lipinski definition) is 2. The zero-order chi connectivity index (χ0) is 14.1. The highest BCUT2D eigenvalue weighted by atomic mass is 16.6. The molecule has 0 radical (unpaired) electrons. The van der Waals surface area contributed by atoms with Crippen LogP contribution in [-0.4, -0.2) is 27.0 Å². The molecule has 1 aliphatic carbocycles. The molecule has 1 aromatic carbocycles. The number of nitrogens with one attached hydrogen (secondary N) is 1. The van der Waals surface area contributed by atoms with Crippen LogP contribution in [0.3, 0.4) is 0 Å². The van der Waals surface area contributed by atoms with Crippen LogP contribution in [0.25, 0.3) is 10.9 Å². The average Bonchev–Trinajstić information content (AvgIpc) is 2.84. The van der Waals surface area contributed by atoms with Crippen molar-refractivity contribution in [2.24, 2.45) is 5.73 Å². The largest absolute Gasteiger partial charge is 0.365 e. The second-order valence-corrected chi connectivity index (χ2v) is 5.03. The summed E-state index contributed by atoms with van der Waals surface area (Å²) in [6, 6.07) is 4.83. The van der Waals surface area contributed by atoms with Crippen molar-refractivity contribution < 1.29 is 4.92 Å². The average molecular weight is 273 g/mol. The summed E-state index contributed by atoms with van der Waals surface area (Å²) in [6.45, 7) is 0. The van der Waals surface area contributed by atoms with E-state index in [4.69, 9.17) is 5.73 Å². The van der Waals surface area contributed by atoms with Gasteiger partial charge in [-0.25, -0.2) is 9.97 Å². The lowest BCUT2D eigenvalue weighted by molar-refractivity contribution is -0.384. The van der Waals surface area contributed by atoms with Gasteiger partial charge < -0.3 is 11.1 Å². The van der Waals surface area contributed by atoms with Crippen LogP contribution in [0.2, 0.25) is 0 Å². The number of nitrogens with zero attached hydrogens (tertiary/aromatic N) is 3. The Bertz CT molecular complexity index is 660. The van der Waals surface area contributed by atoms with Crippen molar-refractivity contribution in [2.75, 3.05) is 5.32 Å². The summed E-state index contributed by atoms with van der Waals surface area (Å²) in [7, 11) is 0. The van der Waals surface area contributed by atoms with E-state index in [1.165, 1.54) is 18.5 Å². The minimum absolute atomic E-state index is 0.0334. The molecule has 0 amide bonds. The molecule has 2 aromatic rings. The number of hydrogen-bond acceptors (Lipinski definition) is 6. The maximum absolute atomic E-state index is 10.9. The number of non-ortho nitro benzene ring substituents is 1. The molecule has 0 saturated heterocycles. The summed E-state index contributed by atoms with van der Waals surface area (Å²) in [5, 5.41) is 14.8. The van der Waals surface area contributed by atoms with Crippen LogP contribution in [0.5, 0.6) is 0 Å². The lowest BCUT2D eigenvalue weighted by atomic mass is 10.1. The number of nitro groups is 1. The zero-order valence-electron chi connectivity index (χ0n) is 10.8. The number of nitrogens with two attached hydrogens (primary N) is 1. The summed E-state index contributed by atoms with van der Waals surface area (Å²) in [6.07, 6.45) is 4.52. The third kappa shape index (κ3) is 2.27. The second kappa shape index (κ2) is 5.01. The zero-order valence-corrected chi connectivity index (χ0v) is 10.8. The molecule has 1 fully saturated rings. The van der Waals surface area contributed by atoms with Gasteiger partial charge in [-0.15, -0.1) is 0 Å². The Morgan fingerprint density at radius 1 is 1.35 bits per heavy atom. The summed E-state index contributed by atoms with van der Waals surface area (Å²) in [4.78, 5) is 18.8. The lowest BCUT2D eigenvalue weighted by Gasteiger charge is -2.18. The summed E-state index contributed by atoms with van der Waals surface area (Å²) in [5.74, 6) is 0.612. The number of anilines is 1. The van der Waals surface area contributed by atoms with E-state index in [1.807, 2.05) is 0 Å². The third-order valence-corrected chi connectivity index (χ3v) is 3.72. The third-order valence-electron chi connectivity index (χ3n) is 3.72. The Hall–Kier alpha value is -2.28. The number of rotatable bonds is 3. The molecule has 1 aliphatic rings. The van der Waals surface area contributed by atoms with Crippen molar-refractivity contribution in [2.45, 2.75) is 31.3 Å². The van der Waals surface area contributed by atoms with Crippen molar-refractivity contribution in [3.05, 3.63) is 34.6 Å². The highest BCUT2D eigenvalue weighted by Gasteiger charge is 2.24. The molecule has 1 heterocycles. The molecule has 0 bridgehead atoms. The van der Waals surface area contributed by atoms with Crippen molar-refractivity contribution in [1.82, 2.24) is 9.97 Å². The van der Waals surface area contributed by atoms with E-state index in [2.05, 4.69) is 15.3 Å². The molecule has 2 atom stereocenters. The van der Waals surface area contributed by atoms with Crippen LogP contribution in [0, 0.1) is 10.1 Å². The maximum Gasteiger partial charge on any atom is 0.270 e. The number of benzene rings is 1. The molecule has 1 aromatic heterocycles. The minimum atomic E-state index is -0.419. The number of fused-ring (bicyclic) bond motifs is 1. The molecular weight excluding hydrogens is 258 g/mol. The molecule has 0 aliphatic heterocycles. The molecule has 7 nitrogen and oxygen atoms in total. The summed E-state index contributed by atoms with van der Waals surface area (Å²) >= 11 is 0. The van der Waals surface area contributed by atoms with E-state index in [0.29, 0.717) is 16.7 Å². The van der Waals surface area contributed by atoms with Gasteiger partial charge in [0.2, 0.25) is 0 Å².